The molecule has 0 unspecified atom stereocenters. The number of piperazine rings is 1. The Morgan fingerprint density at radius 3 is 2.44 bits per heavy atom. The Bertz CT molecular complexity index is 501. The molecule has 0 bridgehead atoms. The number of rotatable bonds is 6. The smallest absolute Gasteiger partial charge is 0.234 e. The average molecular weight is 495 g/mol. The van der Waals surface area contributed by atoms with E-state index in [1.54, 1.807) is 7.11 Å². The molecule has 8 nitrogen and oxygen atoms in total. The molecule has 0 spiro atoms. The minimum atomic E-state index is -0.170. The standard InChI is InChI=1S/C18H33N5O3.HI/c1-19-17(20-14-18(25-2)5-11-26-12-6-18)23-9-7-22(8-10-23)13-16(24)21-15-3-4-15;/h15H,3-14H2,1-2H3,(H,19,20)(H,21,24);1H. The van der Waals surface area contributed by atoms with Gasteiger partial charge in [-0.05, 0) is 12.8 Å². The quantitative estimate of drug-likeness (QED) is 0.313. The third-order valence-electron chi connectivity index (χ3n) is 5.60. The van der Waals surface area contributed by atoms with Crippen LogP contribution in [-0.2, 0) is 14.3 Å². The number of hydrogen-bond acceptors (Lipinski definition) is 5. The number of aliphatic imine (C=N–C) groups is 1. The van der Waals surface area contributed by atoms with E-state index >= 15 is 0 Å². The summed E-state index contributed by atoms with van der Waals surface area (Å²) >= 11 is 0. The molecule has 3 fully saturated rings. The van der Waals surface area contributed by atoms with Gasteiger partial charge in [0, 0.05) is 79.0 Å². The summed E-state index contributed by atoms with van der Waals surface area (Å²) in [5.74, 6) is 1.07. The van der Waals surface area contributed by atoms with Crippen LogP contribution in [0.25, 0.3) is 0 Å². The van der Waals surface area contributed by atoms with Gasteiger partial charge in [0.2, 0.25) is 5.91 Å². The third kappa shape index (κ3) is 6.72. The maximum absolute atomic E-state index is 12.0. The van der Waals surface area contributed by atoms with Crippen LogP contribution in [0, 0.1) is 0 Å². The number of methoxy groups -OCH3 is 1. The Labute approximate surface area is 179 Å². The lowest BCUT2D eigenvalue weighted by atomic mass is 9.94. The van der Waals surface area contributed by atoms with Crippen molar-refractivity contribution in [2.45, 2.75) is 37.3 Å². The van der Waals surface area contributed by atoms with Gasteiger partial charge in [0.05, 0.1) is 12.1 Å². The van der Waals surface area contributed by atoms with Gasteiger partial charge < -0.3 is 25.0 Å². The molecule has 0 aromatic carbocycles. The Hall–Kier alpha value is -0.650. The first-order chi connectivity index (χ1) is 12.6. The Kier molecular flexibility index (Phi) is 9.03. The summed E-state index contributed by atoms with van der Waals surface area (Å²) < 4.78 is 11.3. The van der Waals surface area contributed by atoms with Crippen LogP contribution in [0.3, 0.4) is 0 Å². The normalized spacial score (nSPS) is 23.5. The zero-order valence-electron chi connectivity index (χ0n) is 16.5. The number of halogens is 1. The number of guanidine groups is 1. The summed E-state index contributed by atoms with van der Waals surface area (Å²) in [5.41, 5.74) is -0.170. The SMILES string of the molecule is CN=C(NCC1(OC)CCOCC1)N1CCN(CC(=O)NC2CC2)CC1.I. The minimum Gasteiger partial charge on any atom is -0.381 e. The lowest BCUT2D eigenvalue weighted by Gasteiger charge is -2.39. The molecule has 2 N–H and O–H groups in total. The second-order valence-corrected chi connectivity index (χ2v) is 7.51. The molecule has 156 valence electrons. The summed E-state index contributed by atoms with van der Waals surface area (Å²) in [6.07, 6.45) is 4.07. The van der Waals surface area contributed by atoms with E-state index in [-0.39, 0.29) is 35.5 Å². The van der Waals surface area contributed by atoms with Gasteiger partial charge in [-0.1, -0.05) is 0 Å². The maximum Gasteiger partial charge on any atom is 0.234 e. The summed E-state index contributed by atoms with van der Waals surface area (Å²) in [5, 5.41) is 6.55. The highest BCUT2D eigenvalue weighted by molar-refractivity contribution is 14.0. The Morgan fingerprint density at radius 1 is 1.22 bits per heavy atom. The summed E-state index contributed by atoms with van der Waals surface area (Å²) in [7, 11) is 3.60. The Balaban J connectivity index is 0.00000261. The average Bonchev–Trinajstić information content (AvgIpc) is 3.48. The van der Waals surface area contributed by atoms with Crippen molar-refractivity contribution < 1.29 is 14.3 Å². The van der Waals surface area contributed by atoms with Gasteiger partial charge >= 0.3 is 0 Å². The number of nitrogens with one attached hydrogen (secondary N) is 2. The van der Waals surface area contributed by atoms with E-state index in [0.29, 0.717) is 12.6 Å². The molecule has 0 atom stereocenters. The molecule has 0 aromatic heterocycles. The molecule has 3 aliphatic rings. The molecule has 2 saturated heterocycles. The molecule has 3 rings (SSSR count). The van der Waals surface area contributed by atoms with Crippen LogP contribution in [0.15, 0.2) is 4.99 Å². The first-order valence-electron chi connectivity index (χ1n) is 9.74. The predicted octanol–water partition coefficient (Wildman–Crippen LogP) is 0.272. The van der Waals surface area contributed by atoms with Crippen molar-refractivity contribution in [2.75, 3.05) is 66.6 Å². The van der Waals surface area contributed by atoms with E-state index in [9.17, 15) is 4.79 Å². The monoisotopic (exact) mass is 495 g/mol. The van der Waals surface area contributed by atoms with Crippen molar-refractivity contribution in [3.8, 4) is 0 Å². The number of hydrogen-bond donors (Lipinski definition) is 2. The first kappa shape index (κ1) is 22.6. The van der Waals surface area contributed by atoms with Crippen LogP contribution in [-0.4, -0.2) is 99.9 Å². The van der Waals surface area contributed by atoms with E-state index < -0.39 is 0 Å². The zero-order valence-corrected chi connectivity index (χ0v) is 18.9. The fourth-order valence-electron chi connectivity index (χ4n) is 3.59. The largest absolute Gasteiger partial charge is 0.381 e. The van der Waals surface area contributed by atoms with Gasteiger partial charge in [0.25, 0.3) is 0 Å². The second-order valence-electron chi connectivity index (χ2n) is 7.51. The molecular weight excluding hydrogens is 461 g/mol. The minimum absolute atomic E-state index is 0. The molecule has 2 heterocycles. The molecule has 27 heavy (non-hydrogen) atoms. The van der Waals surface area contributed by atoms with Crippen molar-refractivity contribution >= 4 is 35.8 Å². The lowest BCUT2D eigenvalue weighted by molar-refractivity contribution is -0.122. The van der Waals surface area contributed by atoms with Crippen molar-refractivity contribution in [3.05, 3.63) is 0 Å². The Morgan fingerprint density at radius 2 is 1.89 bits per heavy atom. The number of amides is 1. The van der Waals surface area contributed by atoms with Crippen molar-refractivity contribution in [2.24, 2.45) is 4.99 Å². The van der Waals surface area contributed by atoms with Crippen LogP contribution in [0.1, 0.15) is 25.7 Å². The molecule has 1 amide bonds. The molecule has 0 radical (unpaired) electrons. The van der Waals surface area contributed by atoms with Gasteiger partial charge in [0.15, 0.2) is 5.96 Å². The van der Waals surface area contributed by atoms with Gasteiger partial charge in [-0.25, -0.2) is 0 Å². The number of carbonyl (C=O) groups is 1. The fraction of sp³-hybridized carbons (Fsp3) is 0.889. The topological polar surface area (TPSA) is 78.4 Å². The van der Waals surface area contributed by atoms with Gasteiger partial charge in [0.1, 0.15) is 0 Å². The first-order valence-corrected chi connectivity index (χ1v) is 9.74. The molecule has 1 saturated carbocycles. The summed E-state index contributed by atoms with van der Waals surface area (Å²) in [6, 6.07) is 0.435. The van der Waals surface area contributed by atoms with Crippen LogP contribution in [0.5, 0.6) is 0 Å². The van der Waals surface area contributed by atoms with Crippen molar-refractivity contribution in [1.29, 1.82) is 0 Å². The van der Waals surface area contributed by atoms with E-state index in [4.69, 9.17) is 9.47 Å². The molecular formula is C18H34IN5O3. The van der Waals surface area contributed by atoms with Crippen LogP contribution < -0.4 is 10.6 Å². The van der Waals surface area contributed by atoms with Gasteiger partial charge in [-0.2, -0.15) is 0 Å². The van der Waals surface area contributed by atoms with E-state index in [0.717, 1.165) is 77.6 Å². The summed E-state index contributed by atoms with van der Waals surface area (Å²) in [6.45, 7) is 6.24. The predicted molar refractivity (Wildman–Crippen MR) is 116 cm³/mol. The summed E-state index contributed by atoms with van der Waals surface area (Å²) in [4.78, 5) is 20.9. The number of carbonyl (C=O) groups excluding carboxylic acids is 1. The van der Waals surface area contributed by atoms with E-state index in [2.05, 4.69) is 25.4 Å². The second kappa shape index (κ2) is 10.8. The molecule has 9 heteroatoms. The maximum atomic E-state index is 12.0. The molecule has 2 aliphatic heterocycles. The van der Waals surface area contributed by atoms with Gasteiger partial charge in [-0.3, -0.25) is 14.7 Å². The third-order valence-corrected chi connectivity index (χ3v) is 5.60. The number of ether oxygens (including phenoxy) is 2. The zero-order chi connectivity index (χ0) is 18.4. The molecule has 1 aliphatic carbocycles. The highest BCUT2D eigenvalue weighted by atomic mass is 127. The highest BCUT2D eigenvalue weighted by Crippen LogP contribution is 2.23. The lowest BCUT2D eigenvalue weighted by Crippen LogP contribution is -2.56. The molecule has 0 aromatic rings. The van der Waals surface area contributed by atoms with Crippen LogP contribution >= 0.6 is 24.0 Å². The number of nitrogens with zero attached hydrogens (tertiary/aromatic N) is 3. The van der Waals surface area contributed by atoms with E-state index in [1.165, 1.54) is 0 Å². The van der Waals surface area contributed by atoms with Crippen molar-refractivity contribution in [3.63, 3.8) is 0 Å². The van der Waals surface area contributed by atoms with Crippen molar-refractivity contribution in [1.82, 2.24) is 20.4 Å². The van der Waals surface area contributed by atoms with Crippen LogP contribution in [0.4, 0.5) is 0 Å². The van der Waals surface area contributed by atoms with E-state index in [1.807, 2.05) is 7.05 Å². The highest BCUT2D eigenvalue weighted by Gasteiger charge is 2.33. The van der Waals surface area contributed by atoms with Crippen LogP contribution in [0.2, 0.25) is 0 Å². The van der Waals surface area contributed by atoms with Gasteiger partial charge in [-0.15, -0.1) is 24.0 Å². The fourth-order valence-corrected chi connectivity index (χ4v) is 3.59.